The van der Waals surface area contributed by atoms with Gasteiger partial charge in [0.15, 0.2) is 11.5 Å². The molecule has 3 aromatic rings. The molecule has 6 nitrogen and oxygen atoms in total. The number of hydrogen-bond donors (Lipinski definition) is 1. The van der Waals surface area contributed by atoms with Crippen LogP contribution in [0.4, 0.5) is 0 Å². The molecular weight excluding hydrogens is 368 g/mol. The molecule has 0 saturated heterocycles. The van der Waals surface area contributed by atoms with Gasteiger partial charge >= 0.3 is 5.97 Å². The SMILES string of the molecule is COC(=O)CN1CCc2cc(OC)c(OC)cc2C1Cc1c[nH]c2ccccc12. The van der Waals surface area contributed by atoms with Gasteiger partial charge in [0.2, 0.25) is 0 Å². The Kier molecular flexibility index (Phi) is 5.45. The Labute approximate surface area is 170 Å². The van der Waals surface area contributed by atoms with Gasteiger partial charge in [-0.3, -0.25) is 9.69 Å². The minimum Gasteiger partial charge on any atom is -0.493 e. The molecular formula is C23H26N2O4. The van der Waals surface area contributed by atoms with Gasteiger partial charge in [-0.2, -0.15) is 0 Å². The van der Waals surface area contributed by atoms with Crippen molar-refractivity contribution in [3.8, 4) is 11.5 Å². The number of ether oxygens (including phenoxy) is 3. The molecule has 2 aromatic carbocycles. The second-order valence-electron chi connectivity index (χ2n) is 7.28. The van der Waals surface area contributed by atoms with Gasteiger partial charge in [0.05, 0.1) is 27.9 Å². The van der Waals surface area contributed by atoms with Crippen LogP contribution in [0.1, 0.15) is 22.7 Å². The van der Waals surface area contributed by atoms with E-state index in [0.29, 0.717) is 5.75 Å². The highest BCUT2D eigenvalue weighted by Gasteiger charge is 2.31. The smallest absolute Gasteiger partial charge is 0.319 e. The zero-order valence-electron chi connectivity index (χ0n) is 17.0. The number of H-pyrrole nitrogens is 1. The first-order valence-corrected chi connectivity index (χ1v) is 9.75. The summed E-state index contributed by atoms with van der Waals surface area (Å²) in [6.07, 6.45) is 3.69. The number of benzene rings is 2. The van der Waals surface area contributed by atoms with E-state index in [1.165, 1.54) is 29.2 Å². The maximum atomic E-state index is 12.1. The quantitative estimate of drug-likeness (QED) is 0.649. The van der Waals surface area contributed by atoms with Gasteiger partial charge in [0.25, 0.3) is 0 Å². The highest BCUT2D eigenvalue weighted by Crippen LogP contribution is 2.40. The zero-order valence-corrected chi connectivity index (χ0v) is 17.0. The van der Waals surface area contributed by atoms with Crippen LogP contribution in [0.15, 0.2) is 42.6 Å². The first-order valence-electron chi connectivity index (χ1n) is 9.75. The van der Waals surface area contributed by atoms with Crippen molar-refractivity contribution >= 4 is 16.9 Å². The van der Waals surface area contributed by atoms with Crippen LogP contribution < -0.4 is 9.47 Å². The normalized spacial score (nSPS) is 16.4. The predicted molar refractivity (Wildman–Crippen MR) is 112 cm³/mol. The molecule has 1 aromatic heterocycles. The molecule has 0 radical (unpaired) electrons. The monoisotopic (exact) mass is 394 g/mol. The molecule has 152 valence electrons. The fourth-order valence-corrected chi connectivity index (χ4v) is 4.25. The standard InChI is InChI=1S/C23H26N2O4/c1-27-21-11-15-8-9-25(14-23(26)29-3)20(18(15)12-22(21)28-2)10-16-13-24-19-7-5-4-6-17(16)19/h4-7,11-13,20,24H,8-10,14H2,1-3H3. The molecule has 0 saturated carbocycles. The molecule has 6 heteroatoms. The summed E-state index contributed by atoms with van der Waals surface area (Å²) < 4.78 is 16.0. The van der Waals surface area contributed by atoms with Gasteiger partial charge in [0, 0.05) is 29.7 Å². The topological polar surface area (TPSA) is 63.8 Å². The molecule has 29 heavy (non-hydrogen) atoms. The number of para-hydroxylation sites is 1. The van der Waals surface area contributed by atoms with Crippen molar-refractivity contribution in [2.45, 2.75) is 18.9 Å². The molecule has 1 aliphatic heterocycles. The fourth-order valence-electron chi connectivity index (χ4n) is 4.25. The average molecular weight is 394 g/mol. The highest BCUT2D eigenvalue weighted by atomic mass is 16.5. The fraction of sp³-hybridized carbons (Fsp3) is 0.348. The Morgan fingerprint density at radius 1 is 1.14 bits per heavy atom. The van der Waals surface area contributed by atoms with Gasteiger partial charge in [-0.1, -0.05) is 18.2 Å². The molecule has 2 heterocycles. The number of rotatable bonds is 6. The van der Waals surface area contributed by atoms with Crippen molar-refractivity contribution in [1.82, 2.24) is 9.88 Å². The van der Waals surface area contributed by atoms with Gasteiger partial charge in [-0.05, 0) is 47.7 Å². The number of methoxy groups -OCH3 is 3. The van der Waals surface area contributed by atoms with Crippen molar-refractivity contribution in [3.05, 3.63) is 59.3 Å². The second-order valence-corrected chi connectivity index (χ2v) is 7.28. The van der Waals surface area contributed by atoms with Crippen LogP contribution in [-0.4, -0.2) is 50.3 Å². The van der Waals surface area contributed by atoms with Crippen LogP contribution in [-0.2, 0) is 22.4 Å². The second kappa shape index (κ2) is 8.17. The lowest BCUT2D eigenvalue weighted by Crippen LogP contribution is -2.40. The summed E-state index contributed by atoms with van der Waals surface area (Å²) in [5, 5.41) is 1.21. The molecule has 1 N–H and O–H groups in total. The van der Waals surface area contributed by atoms with E-state index in [9.17, 15) is 4.79 Å². The van der Waals surface area contributed by atoms with E-state index in [4.69, 9.17) is 14.2 Å². The van der Waals surface area contributed by atoms with E-state index in [2.05, 4.69) is 46.4 Å². The van der Waals surface area contributed by atoms with Crippen LogP contribution in [0.3, 0.4) is 0 Å². The number of carbonyl (C=O) groups is 1. The van der Waals surface area contributed by atoms with E-state index < -0.39 is 0 Å². The minimum atomic E-state index is -0.224. The Balaban J connectivity index is 1.76. The Bertz CT molecular complexity index is 1030. The number of aromatic nitrogens is 1. The summed E-state index contributed by atoms with van der Waals surface area (Å²) in [4.78, 5) is 17.6. The average Bonchev–Trinajstić information content (AvgIpc) is 3.17. The lowest BCUT2D eigenvalue weighted by atomic mass is 9.88. The van der Waals surface area contributed by atoms with Crippen molar-refractivity contribution in [2.75, 3.05) is 34.4 Å². The number of fused-ring (bicyclic) bond motifs is 2. The number of carbonyl (C=O) groups excluding carboxylic acids is 1. The summed E-state index contributed by atoms with van der Waals surface area (Å²) in [5.74, 6) is 1.21. The number of esters is 1. The van der Waals surface area contributed by atoms with Crippen LogP contribution in [0.25, 0.3) is 10.9 Å². The summed E-state index contributed by atoms with van der Waals surface area (Å²) >= 11 is 0. The van der Waals surface area contributed by atoms with Crippen LogP contribution in [0.5, 0.6) is 11.5 Å². The third kappa shape index (κ3) is 3.68. The molecule has 0 fully saturated rings. The van der Waals surface area contributed by atoms with Crippen molar-refractivity contribution < 1.29 is 19.0 Å². The van der Waals surface area contributed by atoms with E-state index in [1.54, 1.807) is 14.2 Å². The van der Waals surface area contributed by atoms with E-state index in [1.807, 2.05) is 6.07 Å². The molecule has 0 spiro atoms. The Morgan fingerprint density at radius 2 is 1.90 bits per heavy atom. The number of hydrogen-bond acceptors (Lipinski definition) is 5. The van der Waals surface area contributed by atoms with Crippen LogP contribution in [0, 0.1) is 0 Å². The number of nitrogens with one attached hydrogen (secondary N) is 1. The third-order valence-corrected chi connectivity index (χ3v) is 5.76. The van der Waals surface area contributed by atoms with E-state index in [-0.39, 0.29) is 18.6 Å². The molecule has 0 amide bonds. The largest absolute Gasteiger partial charge is 0.493 e. The van der Waals surface area contributed by atoms with Crippen molar-refractivity contribution in [2.24, 2.45) is 0 Å². The summed E-state index contributed by atoms with van der Waals surface area (Å²) in [5.41, 5.74) is 4.74. The minimum absolute atomic E-state index is 0.0388. The summed E-state index contributed by atoms with van der Waals surface area (Å²) in [7, 11) is 4.73. The third-order valence-electron chi connectivity index (χ3n) is 5.76. The van der Waals surface area contributed by atoms with E-state index >= 15 is 0 Å². The first kappa shape index (κ1) is 19.3. The molecule has 1 atom stereocenters. The highest BCUT2D eigenvalue weighted by molar-refractivity contribution is 5.83. The molecule has 4 rings (SSSR count). The maximum Gasteiger partial charge on any atom is 0.319 e. The lowest BCUT2D eigenvalue weighted by Gasteiger charge is -2.37. The van der Waals surface area contributed by atoms with Crippen LogP contribution >= 0.6 is 0 Å². The van der Waals surface area contributed by atoms with E-state index in [0.717, 1.165) is 30.7 Å². The van der Waals surface area contributed by atoms with Gasteiger partial charge in [-0.15, -0.1) is 0 Å². The number of nitrogens with zero attached hydrogens (tertiary/aromatic N) is 1. The Morgan fingerprint density at radius 3 is 2.66 bits per heavy atom. The molecule has 0 aliphatic carbocycles. The van der Waals surface area contributed by atoms with Crippen LogP contribution in [0.2, 0.25) is 0 Å². The Hall–Kier alpha value is -2.99. The lowest BCUT2D eigenvalue weighted by molar-refractivity contribution is -0.142. The zero-order chi connectivity index (χ0) is 20.4. The van der Waals surface area contributed by atoms with Gasteiger partial charge < -0.3 is 19.2 Å². The maximum absolute atomic E-state index is 12.1. The van der Waals surface area contributed by atoms with Gasteiger partial charge in [-0.25, -0.2) is 0 Å². The molecule has 1 unspecified atom stereocenters. The summed E-state index contributed by atoms with van der Waals surface area (Å²) in [6, 6.07) is 12.4. The van der Waals surface area contributed by atoms with Crippen molar-refractivity contribution in [3.63, 3.8) is 0 Å². The van der Waals surface area contributed by atoms with Crippen molar-refractivity contribution in [1.29, 1.82) is 0 Å². The first-order chi connectivity index (χ1) is 14.1. The number of aromatic amines is 1. The molecule has 1 aliphatic rings. The summed E-state index contributed by atoms with van der Waals surface area (Å²) in [6.45, 7) is 1.04. The molecule has 0 bridgehead atoms. The predicted octanol–water partition coefficient (Wildman–Crippen LogP) is 3.50. The van der Waals surface area contributed by atoms with Gasteiger partial charge in [0.1, 0.15) is 0 Å².